The number of fused-ring (bicyclic) bond motifs is 1. The van der Waals surface area contributed by atoms with Gasteiger partial charge in [0.2, 0.25) is 0 Å². The molecule has 0 aliphatic carbocycles. The summed E-state index contributed by atoms with van der Waals surface area (Å²) in [4.78, 5) is 39.4. The number of nitrogens with zero attached hydrogens (tertiary/aromatic N) is 1. The highest BCUT2D eigenvalue weighted by molar-refractivity contribution is 6.53. The Morgan fingerprint density at radius 2 is 1.51 bits per heavy atom. The van der Waals surface area contributed by atoms with Crippen molar-refractivity contribution in [3.63, 3.8) is 0 Å². The van der Waals surface area contributed by atoms with Crippen LogP contribution in [0.5, 0.6) is 5.75 Å². The second-order valence-corrected chi connectivity index (χ2v) is 8.06. The number of hydrogen-bond acceptors (Lipinski definition) is 5. The van der Waals surface area contributed by atoms with Gasteiger partial charge in [0.05, 0.1) is 11.3 Å². The average molecular weight is 487 g/mol. The van der Waals surface area contributed by atoms with Gasteiger partial charge < -0.3 is 10.1 Å². The molecule has 8 heteroatoms. The summed E-state index contributed by atoms with van der Waals surface area (Å²) in [5.74, 6) is -2.08. The zero-order valence-corrected chi connectivity index (χ0v) is 18.8. The standard InChI is InChI=1S/C27H16ClFN2O4/c28-23-24(26(33)31(25(23)32)22-7-3-5-16-4-1-2-6-21(16)22)30-19-12-8-17(9-13-19)27(34)35-20-14-10-18(29)11-15-20/h1-15,30H. The smallest absolute Gasteiger partial charge is 0.343 e. The summed E-state index contributed by atoms with van der Waals surface area (Å²) < 4.78 is 18.2. The van der Waals surface area contributed by atoms with Gasteiger partial charge in [-0.25, -0.2) is 14.1 Å². The molecule has 0 bridgehead atoms. The van der Waals surface area contributed by atoms with E-state index in [0.29, 0.717) is 11.4 Å². The fourth-order valence-corrected chi connectivity index (χ4v) is 3.95. The average Bonchev–Trinajstić information content (AvgIpc) is 3.08. The van der Waals surface area contributed by atoms with Gasteiger partial charge in [0.15, 0.2) is 0 Å². The minimum atomic E-state index is -0.630. The van der Waals surface area contributed by atoms with Crippen molar-refractivity contribution in [1.29, 1.82) is 0 Å². The number of carbonyl (C=O) groups is 3. The van der Waals surface area contributed by atoms with Crippen LogP contribution in [0.4, 0.5) is 15.8 Å². The Labute approximate surface area is 204 Å². The molecule has 0 spiro atoms. The van der Waals surface area contributed by atoms with E-state index in [1.807, 2.05) is 30.3 Å². The van der Waals surface area contributed by atoms with Crippen LogP contribution in [0.3, 0.4) is 0 Å². The monoisotopic (exact) mass is 486 g/mol. The molecule has 6 nitrogen and oxygen atoms in total. The molecular formula is C27H16ClFN2O4. The molecule has 0 radical (unpaired) electrons. The van der Waals surface area contributed by atoms with Crippen molar-refractivity contribution in [2.24, 2.45) is 0 Å². The number of halogens is 2. The molecule has 1 aliphatic heterocycles. The lowest BCUT2D eigenvalue weighted by Gasteiger charge is -2.17. The predicted molar refractivity (Wildman–Crippen MR) is 131 cm³/mol. The van der Waals surface area contributed by atoms with Crippen molar-refractivity contribution in [2.75, 3.05) is 10.2 Å². The van der Waals surface area contributed by atoms with E-state index >= 15 is 0 Å². The Morgan fingerprint density at radius 1 is 0.829 bits per heavy atom. The molecular weight excluding hydrogens is 471 g/mol. The van der Waals surface area contributed by atoms with Crippen molar-refractivity contribution in [3.8, 4) is 5.75 Å². The van der Waals surface area contributed by atoms with Gasteiger partial charge in [-0.05, 0) is 60.0 Å². The molecule has 1 heterocycles. The third kappa shape index (κ3) is 4.25. The van der Waals surface area contributed by atoms with Crippen LogP contribution in [0, 0.1) is 5.82 Å². The van der Waals surface area contributed by atoms with E-state index < -0.39 is 23.6 Å². The number of amides is 2. The van der Waals surface area contributed by atoms with Crippen LogP contribution in [0.1, 0.15) is 10.4 Å². The molecule has 5 rings (SSSR count). The van der Waals surface area contributed by atoms with Crippen molar-refractivity contribution >= 4 is 51.5 Å². The minimum absolute atomic E-state index is 0.0637. The number of carbonyl (C=O) groups excluding carboxylic acids is 3. The summed E-state index contributed by atoms with van der Waals surface area (Å²) in [5, 5.41) is 4.27. The molecule has 0 unspecified atom stereocenters. The van der Waals surface area contributed by atoms with E-state index in [9.17, 15) is 18.8 Å². The number of esters is 1. The number of anilines is 2. The Kier molecular flexibility index (Phi) is 5.76. The number of benzene rings is 4. The SMILES string of the molecule is O=C(Oc1ccc(F)cc1)c1ccc(NC2=C(Cl)C(=O)N(c3cccc4ccccc34)C2=O)cc1. The number of imide groups is 1. The molecule has 0 atom stereocenters. The van der Waals surface area contributed by atoms with E-state index in [1.54, 1.807) is 24.3 Å². The van der Waals surface area contributed by atoms with Crippen LogP contribution >= 0.6 is 11.6 Å². The van der Waals surface area contributed by atoms with E-state index in [-0.39, 0.29) is 22.0 Å². The van der Waals surface area contributed by atoms with Gasteiger partial charge in [-0.1, -0.05) is 48.0 Å². The van der Waals surface area contributed by atoms with Crippen LogP contribution in [-0.4, -0.2) is 17.8 Å². The van der Waals surface area contributed by atoms with Crippen LogP contribution in [0.15, 0.2) is 102 Å². The lowest BCUT2D eigenvalue weighted by Crippen LogP contribution is -2.32. The van der Waals surface area contributed by atoms with Crippen molar-refractivity contribution in [3.05, 3.63) is 113 Å². The third-order valence-corrected chi connectivity index (χ3v) is 5.80. The number of ether oxygens (including phenoxy) is 1. The summed E-state index contributed by atoms with van der Waals surface area (Å²) >= 11 is 6.26. The summed E-state index contributed by atoms with van der Waals surface area (Å²) in [7, 11) is 0. The Bertz CT molecular complexity index is 1510. The second kappa shape index (κ2) is 9.04. The van der Waals surface area contributed by atoms with Gasteiger partial charge >= 0.3 is 5.97 Å². The maximum atomic E-state index is 13.2. The molecule has 0 saturated carbocycles. The third-order valence-electron chi connectivity index (χ3n) is 5.45. The first-order valence-corrected chi connectivity index (χ1v) is 10.9. The maximum absolute atomic E-state index is 13.2. The van der Waals surface area contributed by atoms with Gasteiger partial charge in [0, 0.05) is 11.1 Å². The summed E-state index contributed by atoms with van der Waals surface area (Å²) in [6, 6.07) is 23.9. The fourth-order valence-electron chi connectivity index (χ4n) is 3.74. The largest absolute Gasteiger partial charge is 0.423 e. The van der Waals surface area contributed by atoms with Gasteiger partial charge in [-0.3, -0.25) is 9.59 Å². The van der Waals surface area contributed by atoms with Gasteiger partial charge in [0.1, 0.15) is 22.3 Å². The number of rotatable bonds is 5. The van der Waals surface area contributed by atoms with Gasteiger partial charge in [0.25, 0.3) is 11.8 Å². The van der Waals surface area contributed by atoms with E-state index in [4.69, 9.17) is 16.3 Å². The highest BCUT2D eigenvalue weighted by atomic mass is 35.5. The summed E-state index contributed by atoms with van der Waals surface area (Å²) in [6.07, 6.45) is 0. The lowest BCUT2D eigenvalue weighted by molar-refractivity contribution is -0.120. The minimum Gasteiger partial charge on any atom is -0.423 e. The van der Waals surface area contributed by atoms with Crippen molar-refractivity contribution < 1.29 is 23.5 Å². The number of nitrogens with one attached hydrogen (secondary N) is 1. The highest BCUT2D eigenvalue weighted by Crippen LogP contribution is 2.34. The molecule has 4 aromatic carbocycles. The Morgan fingerprint density at radius 3 is 2.26 bits per heavy atom. The van der Waals surface area contributed by atoms with Crippen LogP contribution in [-0.2, 0) is 9.59 Å². The second-order valence-electron chi connectivity index (χ2n) is 7.68. The normalized spacial score (nSPS) is 13.5. The zero-order chi connectivity index (χ0) is 24.5. The molecule has 1 N–H and O–H groups in total. The molecule has 0 saturated heterocycles. The molecule has 35 heavy (non-hydrogen) atoms. The Balaban J connectivity index is 1.34. The van der Waals surface area contributed by atoms with Crippen LogP contribution in [0.25, 0.3) is 10.8 Å². The highest BCUT2D eigenvalue weighted by Gasteiger charge is 2.39. The van der Waals surface area contributed by atoms with Crippen molar-refractivity contribution in [1.82, 2.24) is 0 Å². The van der Waals surface area contributed by atoms with E-state index in [2.05, 4.69) is 5.32 Å². The van der Waals surface area contributed by atoms with Crippen LogP contribution in [0.2, 0.25) is 0 Å². The summed E-state index contributed by atoms with van der Waals surface area (Å²) in [6.45, 7) is 0. The predicted octanol–water partition coefficient (Wildman–Crippen LogP) is 5.63. The zero-order valence-electron chi connectivity index (χ0n) is 18.0. The first-order valence-electron chi connectivity index (χ1n) is 10.5. The molecule has 172 valence electrons. The number of hydrogen-bond donors (Lipinski definition) is 1. The quantitative estimate of drug-likeness (QED) is 0.225. The molecule has 1 aliphatic rings. The first-order chi connectivity index (χ1) is 16.9. The van der Waals surface area contributed by atoms with Gasteiger partial charge in [-0.2, -0.15) is 0 Å². The van der Waals surface area contributed by atoms with Crippen molar-refractivity contribution in [2.45, 2.75) is 0 Å². The van der Waals surface area contributed by atoms with Gasteiger partial charge in [-0.15, -0.1) is 0 Å². The van der Waals surface area contributed by atoms with Crippen LogP contribution < -0.4 is 15.0 Å². The fraction of sp³-hybridized carbons (Fsp3) is 0. The lowest BCUT2D eigenvalue weighted by atomic mass is 10.1. The molecule has 4 aromatic rings. The topological polar surface area (TPSA) is 75.7 Å². The van der Waals surface area contributed by atoms with E-state index in [0.717, 1.165) is 15.7 Å². The molecule has 0 aromatic heterocycles. The molecule has 2 amide bonds. The maximum Gasteiger partial charge on any atom is 0.343 e. The first kappa shape index (κ1) is 22.3. The Hall–Kier alpha value is -4.49. The van der Waals surface area contributed by atoms with E-state index in [1.165, 1.54) is 36.4 Å². The molecule has 0 fully saturated rings. The summed E-state index contributed by atoms with van der Waals surface area (Å²) in [5.41, 5.74) is 1.06.